The molecule has 12 heavy (non-hydrogen) atoms. The van der Waals surface area contributed by atoms with Crippen LogP contribution in [0.15, 0.2) is 35.6 Å². The Labute approximate surface area is 70.3 Å². The SMILES string of the molecule is O=C(O)C(O)=CC1=CCCC=C1. The van der Waals surface area contributed by atoms with Crippen LogP contribution in [0, 0.1) is 0 Å². The Morgan fingerprint density at radius 1 is 1.42 bits per heavy atom. The third kappa shape index (κ3) is 2.27. The van der Waals surface area contributed by atoms with Gasteiger partial charge < -0.3 is 10.2 Å². The molecule has 1 rings (SSSR count). The number of aliphatic hydroxyl groups excluding tert-OH is 1. The highest BCUT2D eigenvalue weighted by Crippen LogP contribution is 2.11. The number of carboxylic acid groups (broad SMARTS) is 1. The fourth-order valence-corrected chi connectivity index (χ4v) is 0.960. The zero-order valence-electron chi connectivity index (χ0n) is 6.53. The van der Waals surface area contributed by atoms with Crippen LogP contribution in [0.5, 0.6) is 0 Å². The first-order valence-electron chi connectivity index (χ1n) is 3.71. The van der Waals surface area contributed by atoms with Crippen LogP contribution in [0.25, 0.3) is 0 Å². The maximum atomic E-state index is 10.2. The molecule has 1 aliphatic rings. The third-order valence-corrected chi connectivity index (χ3v) is 1.55. The lowest BCUT2D eigenvalue weighted by molar-refractivity contribution is -0.135. The van der Waals surface area contributed by atoms with Crippen molar-refractivity contribution in [2.75, 3.05) is 0 Å². The predicted octanol–water partition coefficient (Wildman–Crippen LogP) is 1.79. The van der Waals surface area contributed by atoms with E-state index in [0.29, 0.717) is 0 Å². The van der Waals surface area contributed by atoms with Crippen LogP contribution in [0.1, 0.15) is 12.8 Å². The summed E-state index contributed by atoms with van der Waals surface area (Å²) in [7, 11) is 0. The maximum absolute atomic E-state index is 10.2. The van der Waals surface area contributed by atoms with E-state index in [-0.39, 0.29) is 0 Å². The number of rotatable bonds is 2. The molecule has 0 saturated heterocycles. The molecule has 0 aromatic rings. The lowest BCUT2D eigenvalue weighted by atomic mass is 10.1. The van der Waals surface area contributed by atoms with E-state index in [1.165, 1.54) is 6.08 Å². The highest BCUT2D eigenvalue weighted by molar-refractivity contribution is 5.84. The Hall–Kier alpha value is -1.51. The molecule has 0 atom stereocenters. The van der Waals surface area contributed by atoms with Crippen LogP contribution in [-0.2, 0) is 4.79 Å². The van der Waals surface area contributed by atoms with Crippen LogP contribution in [0.4, 0.5) is 0 Å². The molecule has 0 aliphatic heterocycles. The van der Waals surface area contributed by atoms with Crippen LogP contribution >= 0.6 is 0 Å². The number of carboxylic acids is 1. The van der Waals surface area contributed by atoms with Gasteiger partial charge in [-0.2, -0.15) is 0 Å². The van der Waals surface area contributed by atoms with Gasteiger partial charge in [-0.3, -0.25) is 0 Å². The number of aliphatic carboxylic acids is 1. The summed E-state index contributed by atoms with van der Waals surface area (Å²) in [5.74, 6) is -1.91. The van der Waals surface area contributed by atoms with Crippen molar-refractivity contribution < 1.29 is 15.0 Å². The van der Waals surface area contributed by atoms with Crippen molar-refractivity contribution in [3.63, 3.8) is 0 Å². The first kappa shape index (κ1) is 8.59. The Bertz CT molecular complexity index is 271. The van der Waals surface area contributed by atoms with Crippen LogP contribution in [-0.4, -0.2) is 16.2 Å². The van der Waals surface area contributed by atoms with E-state index in [4.69, 9.17) is 10.2 Å². The summed E-state index contributed by atoms with van der Waals surface area (Å²) in [5.41, 5.74) is 0.751. The van der Waals surface area contributed by atoms with Gasteiger partial charge in [0, 0.05) is 0 Å². The predicted molar refractivity (Wildman–Crippen MR) is 44.8 cm³/mol. The summed E-state index contributed by atoms with van der Waals surface area (Å²) >= 11 is 0. The molecule has 0 fully saturated rings. The summed E-state index contributed by atoms with van der Waals surface area (Å²) in [6.45, 7) is 0. The third-order valence-electron chi connectivity index (χ3n) is 1.55. The van der Waals surface area contributed by atoms with E-state index in [9.17, 15) is 4.79 Å². The number of hydrogen-bond acceptors (Lipinski definition) is 2. The zero-order chi connectivity index (χ0) is 8.97. The molecular weight excluding hydrogens is 156 g/mol. The molecule has 0 unspecified atom stereocenters. The molecule has 0 aromatic carbocycles. The van der Waals surface area contributed by atoms with Crippen molar-refractivity contribution in [2.24, 2.45) is 0 Å². The lowest BCUT2D eigenvalue weighted by Crippen LogP contribution is -1.99. The lowest BCUT2D eigenvalue weighted by Gasteiger charge is -2.00. The smallest absolute Gasteiger partial charge is 0.370 e. The van der Waals surface area contributed by atoms with Crippen LogP contribution < -0.4 is 0 Å². The molecule has 0 saturated carbocycles. The van der Waals surface area contributed by atoms with Gasteiger partial charge in [0.2, 0.25) is 5.76 Å². The standard InChI is InChI=1S/C9H10O3/c10-8(9(11)12)6-7-4-2-1-3-5-7/h2,4-6,10H,1,3H2,(H,11,12). The first-order valence-corrected chi connectivity index (χ1v) is 3.71. The second-order valence-corrected chi connectivity index (χ2v) is 2.52. The van der Waals surface area contributed by atoms with E-state index in [0.717, 1.165) is 18.4 Å². The van der Waals surface area contributed by atoms with Crippen LogP contribution in [0.2, 0.25) is 0 Å². The molecule has 0 bridgehead atoms. The quantitative estimate of drug-likeness (QED) is 0.485. The molecule has 0 aromatic heterocycles. The Balaban J connectivity index is 2.72. The van der Waals surface area contributed by atoms with Gasteiger partial charge in [-0.15, -0.1) is 0 Å². The molecule has 3 nitrogen and oxygen atoms in total. The average molecular weight is 166 g/mol. The normalized spacial score (nSPS) is 17.3. The van der Waals surface area contributed by atoms with Crippen molar-refractivity contribution in [1.82, 2.24) is 0 Å². The van der Waals surface area contributed by atoms with Gasteiger partial charge in [0.05, 0.1) is 0 Å². The molecular formula is C9H10O3. The molecule has 0 amide bonds. The monoisotopic (exact) mass is 166 g/mol. The minimum absolute atomic E-state index is 0.618. The second kappa shape index (κ2) is 3.76. The van der Waals surface area contributed by atoms with Crippen molar-refractivity contribution in [3.05, 3.63) is 35.6 Å². The zero-order valence-corrected chi connectivity index (χ0v) is 6.53. The maximum Gasteiger partial charge on any atom is 0.370 e. The van der Waals surface area contributed by atoms with E-state index in [2.05, 4.69) is 0 Å². The van der Waals surface area contributed by atoms with Gasteiger partial charge in [0.25, 0.3) is 0 Å². The van der Waals surface area contributed by atoms with Gasteiger partial charge in [-0.25, -0.2) is 4.79 Å². The number of aliphatic hydroxyl groups is 1. The summed E-state index contributed by atoms with van der Waals surface area (Å²) in [4.78, 5) is 10.2. The largest absolute Gasteiger partial charge is 0.502 e. The average Bonchev–Trinajstić information content (AvgIpc) is 2.06. The number of allylic oxidation sites excluding steroid dienone is 5. The van der Waals surface area contributed by atoms with E-state index < -0.39 is 11.7 Å². The summed E-state index contributed by atoms with van der Waals surface area (Å²) < 4.78 is 0. The van der Waals surface area contributed by atoms with Crippen molar-refractivity contribution in [3.8, 4) is 0 Å². The highest BCUT2D eigenvalue weighted by Gasteiger charge is 2.04. The molecule has 0 spiro atoms. The van der Waals surface area contributed by atoms with Crippen molar-refractivity contribution in [1.29, 1.82) is 0 Å². The Morgan fingerprint density at radius 2 is 2.17 bits per heavy atom. The summed E-state index contributed by atoms with van der Waals surface area (Å²) in [6, 6.07) is 0. The highest BCUT2D eigenvalue weighted by atomic mass is 16.4. The van der Waals surface area contributed by atoms with E-state index in [1.807, 2.05) is 12.2 Å². The first-order chi connectivity index (χ1) is 5.70. The fraction of sp³-hybridized carbons (Fsp3) is 0.222. The minimum Gasteiger partial charge on any atom is -0.502 e. The molecule has 3 heteroatoms. The minimum atomic E-state index is -1.30. The fourth-order valence-electron chi connectivity index (χ4n) is 0.960. The number of hydrogen-bond donors (Lipinski definition) is 2. The van der Waals surface area contributed by atoms with Crippen molar-refractivity contribution in [2.45, 2.75) is 12.8 Å². The van der Waals surface area contributed by atoms with Gasteiger partial charge in [-0.05, 0) is 24.5 Å². The molecule has 0 radical (unpaired) electrons. The summed E-state index contributed by atoms with van der Waals surface area (Å²) in [5, 5.41) is 17.2. The van der Waals surface area contributed by atoms with Gasteiger partial charge in [0.1, 0.15) is 0 Å². The van der Waals surface area contributed by atoms with E-state index in [1.54, 1.807) is 6.08 Å². The van der Waals surface area contributed by atoms with Crippen molar-refractivity contribution >= 4 is 5.97 Å². The van der Waals surface area contributed by atoms with Gasteiger partial charge in [0.15, 0.2) is 0 Å². The van der Waals surface area contributed by atoms with E-state index >= 15 is 0 Å². The topological polar surface area (TPSA) is 57.5 Å². The second-order valence-electron chi connectivity index (χ2n) is 2.52. The number of carbonyl (C=O) groups is 1. The molecule has 2 N–H and O–H groups in total. The summed E-state index contributed by atoms with van der Waals surface area (Å²) in [6.07, 6.45) is 8.75. The van der Waals surface area contributed by atoms with Gasteiger partial charge in [-0.1, -0.05) is 18.2 Å². The molecule has 1 aliphatic carbocycles. The Kier molecular flexibility index (Phi) is 2.69. The molecule has 64 valence electrons. The molecule has 0 heterocycles. The Morgan fingerprint density at radius 3 is 2.67 bits per heavy atom. The van der Waals surface area contributed by atoms with Gasteiger partial charge >= 0.3 is 5.97 Å². The van der Waals surface area contributed by atoms with Crippen LogP contribution in [0.3, 0.4) is 0 Å².